The van der Waals surface area contributed by atoms with Crippen molar-refractivity contribution in [2.24, 2.45) is 0 Å². The lowest BCUT2D eigenvalue weighted by molar-refractivity contribution is -0.134. The average molecular weight is 760 g/mol. The molecule has 0 fully saturated rings. The van der Waals surface area contributed by atoms with E-state index in [1.54, 1.807) is 6.08 Å². The molecule has 0 bridgehead atoms. The Kier molecular flexibility index (Phi) is 19.1. The summed E-state index contributed by atoms with van der Waals surface area (Å²) in [4.78, 5) is 60.8. The van der Waals surface area contributed by atoms with E-state index in [0.29, 0.717) is 41.8 Å². The molecule has 0 aliphatic rings. The van der Waals surface area contributed by atoms with Crippen LogP contribution >= 0.6 is 11.6 Å². The molecule has 280 valence electrons. The number of aliphatic carboxylic acids is 4. The predicted molar refractivity (Wildman–Crippen MR) is 177 cm³/mol. The first-order valence-electron chi connectivity index (χ1n) is 14.0. The Morgan fingerprint density at radius 2 is 1.44 bits per heavy atom. The van der Waals surface area contributed by atoms with Crippen molar-refractivity contribution in [2.45, 2.75) is 6.61 Å². The smallest absolute Gasteiger partial charge is 0.345 e. The first-order chi connectivity index (χ1) is 24.4. The number of anilines is 3. The molecule has 0 aliphatic heterocycles. The van der Waals surface area contributed by atoms with Crippen LogP contribution in [0.3, 0.4) is 0 Å². The summed E-state index contributed by atoms with van der Waals surface area (Å²) in [6.45, 7) is -3.06. The SMILES string of the molecule is CN(C)C/C=C/C(=O)Nc1cc2c(Nc3ccc(F)c(Cl)c3F)ncnc2cc1OCCOC(F)F.O=C(O)/C=C\C(=O)O.O=C(O)/C=C\C(=O)O. The molecule has 0 unspecified atom stereocenters. The normalized spacial score (nSPS) is 10.9. The second kappa shape index (κ2) is 22.6. The maximum atomic E-state index is 14.4. The van der Waals surface area contributed by atoms with E-state index >= 15 is 0 Å². The zero-order valence-electron chi connectivity index (χ0n) is 26.9. The molecule has 21 heteroatoms. The molecular weight excluding hydrogens is 730 g/mol. The summed E-state index contributed by atoms with van der Waals surface area (Å²) in [7, 11) is 3.68. The number of rotatable bonds is 15. The largest absolute Gasteiger partial charge is 0.489 e. The minimum absolute atomic E-state index is 0.132. The Balaban J connectivity index is 0.000000700. The molecule has 6 N–H and O–H groups in total. The van der Waals surface area contributed by atoms with Crippen molar-refractivity contribution in [3.8, 4) is 5.75 Å². The van der Waals surface area contributed by atoms with E-state index in [-0.39, 0.29) is 29.5 Å². The van der Waals surface area contributed by atoms with Gasteiger partial charge in [0.15, 0.2) is 5.82 Å². The van der Waals surface area contributed by atoms with Gasteiger partial charge < -0.3 is 45.4 Å². The minimum Gasteiger partial charge on any atom is -0.489 e. The molecule has 3 rings (SSSR count). The molecule has 0 saturated heterocycles. The van der Waals surface area contributed by atoms with Crippen LogP contribution in [0.25, 0.3) is 10.9 Å². The third-order valence-electron chi connectivity index (χ3n) is 5.34. The number of carbonyl (C=O) groups is 5. The second-order valence-corrected chi connectivity index (χ2v) is 9.97. The van der Waals surface area contributed by atoms with Gasteiger partial charge in [-0.2, -0.15) is 8.78 Å². The lowest BCUT2D eigenvalue weighted by atomic mass is 10.1. The van der Waals surface area contributed by atoms with Gasteiger partial charge in [0.25, 0.3) is 0 Å². The monoisotopic (exact) mass is 759 g/mol. The Bertz CT molecular complexity index is 1760. The summed E-state index contributed by atoms with van der Waals surface area (Å²) in [6, 6.07) is 5.08. The van der Waals surface area contributed by atoms with Gasteiger partial charge in [0.2, 0.25) is 5.91 Å². The standard InChI is InChI=1S/C23H22ClF4N5O3.2C4H4O4/c1-33(2)7-3-4-19(34)31-17-10-13-16(11-18(17)35-8-9-36-23(27)28)29-12-30-22(13)32-15-6-5-14(25)20(24)21(15)26;2*5-3(6)1-2-4(7)8/h3-6,10-12,23H,7-9H2,1-2H3,(H,31,34)(H,29,30,32);2*1-2H,(H,5,6)(H,7,8)/b4-3+;2*2-1-. The van der Waals surface area contributed by atoms with Crippen LogP contribution in [0.15, 0.2) is 67.0 Å². The fraction of sp³-hybridized carbons (Fsp3) is 0.194. The summed E-state index contributed by atoms with van der Waals surface area (Å²) in [5.74, 6) is -7.17. The van der Waals surface area contributed by atoms with Crippen molar-refractivity contribution in [1.29, 1.82) is 0 Å². The molecule has 52 heavy (non-hydrogen) atoms. The number of carboxylic acid groups (broad SMARTS) is 4. The number of alkyl halides is 2. The molecule has 0 radical (unpaired) electrons. The van der Waals surface area contributed by atoms with Crippen molar-refractivity contribution in [3.63, 3.8) is 0 Å². The fourth-order valence-electron chi connectivity index (χ4n) is 3.27. The summed E-state index contributed by atoms with van der Waals surface area (Å²) >= 11 is 5.66. The van der Waals surface area contributed by atoms with E-state index in [9.17, 15) is 41.5 Å². The van der Waals surface area contributed by atoms with Crippen LogP contribution in [-0.2, 0) is 28.7 Å². The van der Waals surface area contributed by atoms with Gasteiger partial charge in [-0.25, -0.2) is 37.9 Å². The maximum Gasteiger partial charge on any atom is 0.345 e. The number of carboxylic acids is 4. The molecule has 3 aromatic rings. The van der Waals surface area contributed by atoms with Gasteiger partial charge in [-0.15, -0.1) is 0 Å². The molecule has 0 saturated carbocycles. The summed E-state index contributed by atoms with van der Waals surface area (Å²) < 4.78 is 62.2. The number of benzene rings is 2. The van der Waals surface area contributed by atoms with Gasteiger partial charge in [0.05, 0.1) is 23.5 Å². The van der Waals surface area contributed by atoms with Gasteiger partial charge in [0.1, 0.15) is 35.3 Å². The summed E-state index contributed by atoms with van der Waals surface area (Å²) in [6.07, 6.45) is 6.39. The molecule has 1 heterocycles. The van der Waals surface area contributed by atoms with Crippen LogP contribution in [0.4, 0.5) is 34.8 Å². The third kappa shape index (κ3) is 17.5. The number of hydrogen-bond donors (Lipinski definition) is 6. The van der Waals surface area contributed by atoms with Crippen molar-refractivity contribution in [1.82, 2.24) is 14.9 Å². The fourth-order valence-corrected chi connectivity index (χ4v) is 3.43. The number of fused-ring (bicyclic) bond motifs is 1. The molecule has 0 spiro atoms. The first kappa shape index (κ1) is 43.9. The van der Waals surface area contributed by atoms with Crippen LogP contribution in [0, 0.1) is 11.6 Å². The predicted octanol–water partition coefficient (Wildman–Crippen LogP) is 4.40. The van der Waals surface area contributed by atoms with E-state index in [1.807, 2.05) is 19.0 Å². The van der Waals surface area contributed by atoms with E-state index in [2.05, 4.69) is 25.3 Å². The second-order valence-electron chi connectivity index (χ2n) is 9.59. The minimum atomic E-state index is -2.95. The highest BCUT2D eigenvalue weighted by atomic mass is 35.5. The number of hydrogen-bond acceptors (Lipinski definition) is 11. The van der Waals surface area contributed by atoms with Crippen molar-refractivity contribution in [3.05, 3.63) is 83.7 Å². The van der Waals surface area contributed by atoms with Crippen LogP contribution in [0.2, 0.25) is 5.02 Å². The van der Waals surface area contributed by atoms with Crippen LogP contribution in [0.5, 0.6) is 5.75 Å². The highest BCUT2D eigenvalue weighted by molar-refractivity contribution is 6.31. The van der Waals surface area contributed by atoms with Crippen molar-refractivity contribution in [2.75, 3.05) is 44.5 Å². The Morgan fingerprint density at radius 3 is 1.96 bits per heavy atom. The average Bonchev–Trinajstić information content (AvgIpc) is 3.05. The molecule has 1 amide bonds. The van der Waals surface area contributed by atoms with Gasteiger partial charge in [-0.05, 0) is 32.3 Å². The zero-order chi connectivity index (χ0) is 39.4. The van der Waals surface area contributed by atoms with E-state index in [1.165, 1.54) is 24.5 Å². The van der Waals surface area contributed by atoms with E-state index < -0.39 is 59.7 Å². The molecule has 0 atom stereocenters. The number of aromatic nitrogens is 2. The van der Waals surface area contributed by atoms with Gasteiger partial charge in [0, 0.05) is 48.4 Å². The van der Waals surface area contributed by atoms with Gasteiger partial charge in [-0.3, -0.25) is 4.79 Å². The summed E-state index contributed by atoms with van der Waals surface area (Å²) in [5.41, 5.74) is 0.365. The van der Waals surface area contributed by atoms with E-state index in [0.717, 1.165) is 12.1 Å². The van der Waals surface area contributed by atoms with Gasteiger partial charge >= 0.3 is 30.5 Å². The number of amides is 1. The number of ether oxygens (including phenoxy) is 2. The van der Waals surface area contributed by atoms with Crippen molar-refractivity contribution < 1.29 is 71.4 Å². The topological polar surface area (TPSA) is 238 Å². The Labute approximate surface area is 296 Å². The first-order valence-corrected chi connectivity index (χ1v) is 14.4. The number of likely N-dealkylation sites (N-methyl/N-ethyl adjacent to an activating group) is 1. The number of nitrogens with one attached hydrogen (secondary N) is 2. The highest BCUT2D eigenvalue weighted by Gasteiger charge is 2.16. The van der Waals surface area contributed by atoms with Gasteiger partial charge in [-0.1, -0.05) is 17.7 Å². The Morgan fingerprint density at radius 1 is 0.865 bits per heavy atom. The lowest BCUT2D eigenvalue weighted by Crippen LogP contribution is -2.14. The van der Waals surface area contributed by atoms with Crippen LogP contribution in [0.1, 0.15) is 0 Å². The Hall–Kier alpha value is -6.12. The van der Waals surface area contributed by atoms with E-state index in [4.69, 9.17) is 36.8 Å². The molecular formula is C31H30ClF4N5O11. The number of carbonyl (C=O) groups excluding carboxylic acids is 1. The highest BCUT2D eigenvalue weighted by Crippen LogP contribution is 2.35. The van der Waals surface area contributed by atoms with Crippen molar-refractivity contribution >= 4 is 69.5 Å². The maximum absolute atomic E-state index is 14.4. The molecule has 2 aromatic carbocycles. The molecule has 1 aromatic heterocycles. The molecule has 16 nitrogen and oxygen atoms in total. The lowest BCUT2D eigenvalue weighted by Gasteiger charge is -2.15. The number of nitrogens with zero attached hydrogens (tertiary/aromatic N) is 3. The van der Waals surface area contributed by atoms with Crippen LogP contribution < -0.4 is 15.4 Å². The summed E-state index contributed by atoms with van der Waals surface area (Å²) in [5, 5.41) is 36.3. The third-order valence-corrected chi connectivity index (χ3v) is 5.69. The quantitative estimate of drug-likeness (QED) is 0.0545. The number of halogens is 5. The molecule has 0 aliphatic carbocycles. The van der Waals surface area contributed by atoms with Crippen LogP contribution in [-0.4, -0.2) is 106 Å². The zero-order valence-corrected chi connectivity index (χ0v) is 27.7.